The summed E-state index contributed by atoms with van der Waals surface area (Å²) >= 11 is 0. The van der Waals surface area contributed by atoms with Crippen LogP contribution in [0.1, 0.15) is 46.0 Å². The zero-order chi connectivity index (χ0) is 18.4. The van der Waals surface area contributed by atoms with Crippen molar-refractivity contribution in [2.75, 3.05) is 26.2 Å². The molecule has 142 valence electrons. The fourth-order valence-electron chi connectivity index (χ4n) is 3.36. The zero-order valence-electron chi connectivity index (χ0n) is 15.5. The number of carbonyl (C=O) groups excluding carboxylic acids is 1. The number of aryl methyl sites for hydroxylation is 1. The SMILES string of the molecule is CCCC(CCC)C(=O)N1CCCN(S(=O)(=O)c2cn(C)cn2)CC1. The molecule has 0 unspecified atom stereocenters. The molecule has 0 aliphatic carbocycles. The molecule has 0 saturated carbocycles. The van der Waals surface area contributed by atoms with Crippen molar-refractivity contribution in [3.05, 3.63) is 12.5 Å². The molecule has 8 heteroatoms. The van der Waals surface area contributed by atoms with E-state index in [1.165, 1.54) is 16.8 Å². The minimum Gasteiger partial charge on any atom is -0.341 e. The molecule has 7 nitrogen and oxygen atoms in total. The third-order valence-corrected chi connectivity index (χ3v) is 6.46. The van der Waals surface area contributed by atoms with Crippen LogP contribution in [-0.4, -0.2) is 59.3 Å². The summed E-state index contributed by atoms with van der Waals surface area (Å²) in [7, 11) is -1.84. The lowest BCUT2D eigenvalue weighted by molar-refractivity contribution is -0.135. The maximum Gasteiger partial charge on any atom is 0.262 e. The topological polar surface area (TPSA) is 75.5 Å². The van der Waals surface area contributed by atoms with Gasteiger partial charge in [-0.15, -0.1) is 0 Å². The zero-order valence-corrected chi connectivity index (χ0v) is 16.3. The van der Waals surface area contributed by atoms with Crippen molar-refractivity contribution >= 4 is 15.9 Å². The van der Waals surface area contributed by atoms with Crippen molar-refractivity contribution in [1.82, 2.24) is 18.8 Å². The van der Waals surface area contributed by atoms with Crippen LogP contribution in [0.3, 0.4) is 0 Å². The third-order valence-electron chi connectivity index (χ3n) is 4.68. The number of amides is 1. The summed E-state index contributed by atoms with van der Waals surface area (Å²) < 4.78 is 28.5. The van der Waals surface area contributed by atoms with Gasteiger partial charge in [-0.3, -0.25) is 4.79 Å². The summed E-state index contributed by atoms with van der Waals surface area (Å²) in [6.07, 6.45) is 7.44. The van der Waals surface area contributed by atoms with Crippen molar-refractivity contribution in [3.63, 3.8) is 0 Å². The monoisotopic (exact) mass is 370 g/mol. The van der Waals surface area contributed by atoms with Crippen molar-refractivity contribution in [3.8, 4) is 0 Å². The molecule has 1 aromatic heterocycles. The second kappa shape index (κ2) is 8.80. The number of sulfonamides is 1. The number of aromatic nitrogens is 2. The molecule has 0 aromatic carbocycles. The maximum atomic E-state index is 12.8. The summed E-state index contributed by atoms with van der Waals surface area (Å²) in [6.45, 7) is 6.02. The first-order chi connectivity index (χ1) is 11.9. The predicted molar refractivity (Wildman–Crippen MR) is 96.5 cm³/mol. The first-order valence-electron chi connectivity index (χ1n) is 9.17. The minimum atomic E-state index is -3.59. The van der Waals surface area contributed by atoms with Gasteiger partial charge in [0.15, 0.2) is 5.03 Å². The molecule has 1 aliphatic rings. The van der Waals surface area contributed by atoms with Crippen LogP contribution in [0.2, 0.25) is 0 Å². The van der Waals surface area contributed by atoms with Crippen LogP contribution in [0.5, 0.6) is 0 Å². The molecule has 2 rings (SSSR count). The standard InChI is InChI=1S/C17H30N4O3S/c1-4-7-15(8-5-2)17(22)20-9-6-10-21(12-11-20)25(23,24)16-13-19(3)14-18-16/h13-15H,4-12H2,1-3H3. The van der Waals surface area contributed by atoms with E-state index in [0.717, 1.165) is 25.7 Å². The highest BCUT2D eigenvalue weighted by molar-refractivity contribution is 7.89. The Morgan fingerprint density at radius 3 is 2.40 bits per heavy atom. The number of hydrogen-bond acceptors (Lipinski definition) is 4. The van der Waals surface area contributed by atoms with E-state index < -0.39 is 10.0 Å². The van der Waals surface area contributed by atoms with Crippen molar-refractivity contribution in [2.24, 2.45) is 13.0 Å². The smallest absolute Gasteiger partial charge is 0.262 e. The predicted octanol–water partition coefficient (Wildman–Crippen LogP) is 1.86. The summed E-state index contributed by atoms with van der Waals surface area (Å²) in [5, 5.41) is 0.0737. The molecule has 0 atom stereocenters. The Kier molecular flexibility index (Phi) is 7.01. The van der Waals surface area contributed by atoms with Gasteiger partial charge in [0.1, 0.15) is 0 Å². The lowest BCUT2D eigenvalue weighted by atomic mass is 9.96. The highest BCUT2D eigenvalue weighted by Gasteiger charge is 2.31. The Hall–Kier alpha value is -1.41. The molecule has 1 aliphatic heterocycles. The van der Waals surface area contributed by atoms with E-state index in [2.05, 4.69) is 18.8 Å². The Labute approximate surface area is 151 Å². The van der Waals surface area contributed by atoms with Gasteiger partial charge in [0.05, 0.1) is 6.33 Å². The highest BCUT2D eigenvalue weighted by Crippen LogP contribution is 2.20. The van der Waals surface area contributed by atoms with Crippen LogP contribution in [0.4, 0.5) is 0 Å². The molecule has 2 heterocycles. The Morgan fingerprint density at radius 2 is 1.84 bits per heavy atom. The van der Waals surface area contributed by atoms with Gasteiger partial charge in [0.25, 0.3) is 10.0 Å². The van der Waals surface area contributed by atoms with Crippen molar-refractivity contribution < 1.29 is 13.2 Å². The van der Waals surface area contributed by atoms with Crippen LogP contribution in [0.25, 0.3) is 0 Å². The molecular formula is C17H30N4O3S. The first-order valence-corrected chi connectivity index (χ1v) is 10.6. The van der Waals surface area contributed by atoms with E-state index in [1.807, 2.05) is 4.90 Å². The van der Waals surface area contributed by atoms with Gasteiger partial charge in [-0.1, -0.05) is 26.7 Å². The molecule has 1 amide bonds. The number of carbonyl (C=O) groups is 1. The van der Waals surface area contributed by atoms with Gasteiger partial charge in [0.2, 0.25) is 5.91 Å². The van der Waals surface area contributed by atoms with E-state index in [4.69, 9.17) is 0 Å². The molecule has 0 N–H and O–H groups in total. The molecule has 0 bridgehead atoms. The number of hydrogen-bond donors (Lipinski definition) is 0. The minimum absolute atomic E-state index is 0.0638. The molecule has 1 aromatic rings. The lowest BCUT2D eigenvalue weighted by Crippen LogP contribution is -2.40. The fourth-order valence-corrected chi connectivity index (χ4v) is 4.79. The summed E-state index contributed by atoms with van der Waals surface area (Å²) in [4.78, 5) is 18.6. The van der Waals surface area contributed by atoms with Crippen molar-refractivity contribution in [1.29, 1.82) is 0 Å². The second-order valence-corrected chi connectivity index (χ2v) is 8.62. The summed E-state index contributed by atoms with van der Waals surface area (Å²) in [5.74, 6) is 0.245. The van der Waals surface area contributed by atoms with Crippen molar-refractivity contribution in [2.45, 2.75) is 51.0 Å². The normalized spacial score (nSPS) is 17.0. The second-order valence-electron chi connectivity index (χ2n) is 6.73. The first kappa shape index (κ1) is 19.9. The quantitative estimate of drug-likeness (QED) is 0.734. The van der Waals surface area contributed by atoms with E-state index in [0.29, 0.717) is 32.6 Å². The molecule has 25 heavy (non-hydrogen) atoms. The number of imidazole rings is 1. The van der Waals surface area contributed by atoms with Gasteiger partial charge in [0, 0.05) is 45.3 Å². The van der Waals surface area contributed by atoms with E-state index >= 15 is 0 Å². The summed E-state index contributed by atoms with van der Waals surface area (Å²) in [6, 6.07) is 0. The van der Waals surface area contributed by atoms with E-state index in [1.54, 1.807) is 11.6 Å². The molecular weight excluding hydrogens is 340 g/mol. The lowest BCUT2D eigenvalue weighted by Gasteiger charge is -2.26. The van der Waals surface area contributed by atoms with Gasteiger partial charge < -0.3 is 9.47 Å². The van der Waals surface area contributed by atoms with Crippen LogP contribution >= 0.6 is 0 Å². The van der Waals surface area contributed by atoms with Gasteiger partial charge >= 0.3 is 0 Å². The molecule has 1 saturated heterocycles. The highest BCUT2D eigenvalue weighted by atomic mass is 32.2. The number of nitrogens with zero attached hydrogens (tertiary/aromatic N) is 4. The van der Waals surface area contributed by atoms with E-state index in [-0.39, 0.29) is 16.9 Å². The van der Waals surface area contributed by atoms with Crippen LogP contribution in [-0.2, 0) is 21.9 Å². The Balaban J connectivity index is 2.05. The van der Waals surface area contributed by atoms with Gasteiger partial charge in [-0.2, -0.15) is 4.31 Å². The van der Waals surface area contributed by atoms with Crippen LogP contribution < -0.4 is 0 Å². The van der Waals surface area contributed by atoms with E-state index in [9.17, 15) is 13.2 Å². The van der Waals surface area contributed by atoms with Gasteiger partial charge in [-0.25, -0.2) is 13.4 Å². The Bertz CT molecular complexity index is 665. The van der Waals surface area contributed by atoms with Crippen LogP contribution in [0.15, 0.2) is 17.6 Å². The number of rotatable bonds is 7. The Morgan fingerprint density at radius 1 is 1.16 bits per heavy atom. The fraction of sp³-hybridized carbons (Fsp3) is 0.765. The average Bonchev–Trinajstić information content (AvgIpc) is 2.87. The van der Waals surface area contributed by atoms with Gasteiger partial charge in [-0.05, 0) is 19.3 Å². The third kappa shape index (κ3) is 4.82. The average molecular weight is 371 g/mol. The molecule has 1 fully saturated rings. The molecule has 0 radical (unpaired) electrons. The largest absolute Gasteiger partial charge is 0.341 e. The molecule has 0 spiro atoms. The maximum absolute atomic E-state index is 12.8. The van der Waals surface area contributed by atoms with Crippen LogP contribution in [0, 0.1) is 5.92 Å². The summed E-state index contributed by atoms with van der Waals surface area (Å²) in [5.41, 5.74) is 0.